The van der Waals surface area contributed by atoms with Gasteiger partial charge in [0, 0.05) is 11.0 Å². The van der Waals surface area contributed by atoms with Gasteiger partial charge in [-0.15, -0.1) is 14.5 Å². The number of aryl methyl sites for hydroxylation is 1. The van der Waals surface area contributed by atoms with Crippen LogP contribution in [0.25, 0.3) is 0 Å². The summed E-state index contributed by atoms with van der Waals surface area (Å²) in [5.41, 5.74) is 0.584. The minimum absolute atomic E-state index is 0.257. The van der Waals surface area contributed by atoms with E-state index in [1.807, 2.05) is 22.9 Å². The van der Waals surface area contributed by atoms with E-state index < -0.39 is 0 Å². The second-order valence-corrected chi connectivity index (χ2v) is 6.14. The predicted octanol–water partition coefficient (Wildman–Crippen LogP) is 2.88. The molecule has 0 saturated heterocycles. The lowest BCUT2D eigenvalue weighted by atomic mass is 10.1. The van der Waals surface area contributed by atoms with Crippen LogP contribution in [-0.4, -0.2) is 15.7 Å². The first-order valence-electron chi connectivity index (χ1n) is 9.04. The monoisotopic (exact) mass is 328 g/mol. The van der Waals surface area contributed by atoms with Crippen molar-refractivity contribution in [2.24, 2.45) is 5.10 Å². The smallest absolute Gasteiger partial charge is 0.288 e. The Labute approximate surface area is 144 Å². The molecule has 24 heavy (non-hydrogen) atoms. The van der Waals surface area contributed by atoms with Gasteiger partial charge in [-0.2, -0.15) is 0 Å². The highest BCUT2D eigenvalue weighted by Gasteiger charge is 2.04. The number of aromatic nitrogens is 3. The highest BCUT2D eigenvalue weighted by atomic mass is 16.3. The molecule has 0 aliphatic heterocycles. The summed E-state index contributed by atoms with van der Waals surface area (Å²) >= 11 is 0. The molecule has 0 aliphatic carbocycles. The minimum Gasteiger partial charge on any atom is -0.856 e. The molecule has 0 N–H and O–H groups in total. The van der Waals surface area contributed by atoms with Gasteiger partial charge in [-0.25, -0.2) is 0 Å². The fourth-order valence-corrected chi connectivity index (χ4v) is 2.63. The molecule has 1 aromatic heterocycles. The third kappa shape index (κ3) is 6.52. The van der Waals surface area contributed by atoms with Crippen molar-refractivity contribution in [1.29, 1.82) is 0 Å². The largest absolute Gasteiger partial charge is 0.856 e. The average Bonchev–Trinajstić information content (AvgIpc) is 3.05. The van der Waals surface area contributed by atoms with E-state index in [0.717, 1.165) is 13.0 Å². The zero-order valence-corrected chi connectivity index (χ0v) is 14.6. The van der Waals surface area contributed by atoms with Crippen LogP contribution in [-0.2, 0) is 6.54 Å². The molecule has 0 amide bonds. The van der Waals surface area contributed by atoms with Gasteiger partial charge in [-0.1, -0.05) is 82.2 Å². The van der Waals surface area contributed by atoms with Crippen LogP contribution in [0.15, 0.2) is 48.1 Å². The van der Waals surface area contributed by atoms with Crippen molar-refractivity contribution in [3.63, 3.8) is 0 Å². The van der Waals surface area contributed by atoms with Crippen molar-refractivity contribution < 1.29 is 9.78 Å². The maximum absolute atomic E-state index is 12.0. The first-order valence-corrected chi connectivity index (χ1v) is 9.04. The van der Waals surface area contributed by atoms with Crippen molar-refractivity contribution in [3.8, 4) is 0 Å². The van der Waals surface area contributed by atoms with Crippen molar-refractivity contribution >= 4 is 5.90 Å². The standard InChI is InChI=1S/C19H28N4O/c1-2-3-4-5-6-7-8-12-15-22-17-23(16-20-22)21-19(24)18-13-10-9-11-14-18/h9-11,13-14,16-17H,2-8,12,15H2,1H3. The van der Waals surface area contributed by atoms with E-state index in [1.54, 1.807) is 24.8 Å². The Morgan fingerprint density at radius 1 is 1.04 bits per heavy atom. The van der Waals surface area contributed by atoms with E-state index in [1.165, 1.54) is 49.6 Å². The van der Waals surface area contributed by atoms with Crippen LogP contribution in [0.2, 0.25) is 0 Å². The molecule has 0 aliphatic rings. The number of rotatable bonds is 11. The molecule has 0 radical (unpaired) electrons. The molecule has 2 aromatic rings. The summed E-state index contributed by atoms with van der Waals surface area (Å²) in [5.74, 6) is -0.257. The Hall–Kier alpha value is -2.17. The summed E-state index contributed by atoms with van der Waals surface area (Å²) in [5, 5.41) is 20.3. The van der Waals surface area contributed by atoms with Crippen LogP contribution in [0, 0.1) is 0 Å². The average molecular weight is 328 g/mol. The summed E-state index contributed by atoms with van der Waals surface area (Å²) in [7, 11) is 0. The van der Waals surface area contributed by atoms with Gasteiger partial charge in [0.25, 0.3) is 6.33 Å². The molecule has 0 spiro atoms. The van der Waals surface area contributed by atoms with Crippen molar-refractivity contribution in [1.82, 2.24) is 9.78 Å². The molecule has 1 aromatic carbocycles. The van der Waals surface area contributed by atoms with Gasteiger partial charge in [-0.05, 0) is 12.0 Å². The Morgan fingerprint density at radius 2 is 1.71 bits per heavy atom. The molecule has 130 valence electrons. The first kappa shape index (κ1) is 18.2. The number of unbranched alkanes of at least 4 members (excludes halogenated alkanes) is 7. The van der Waals surface area contributed by atoms with Gasteiger partial charge >= 0.3 is 0 Å². The Morgan fingerprint density at radius 3 is 2.42 bits per heavy atom. The number of hydrogen-bond donors (Lipinski definition) is 0. The minimum atomic E-state index is -0.257. The lowest BCUT2D eigenvalue weighted by Crippen LogP contribution is -2.32. The molecule has 0 atom stereocenters. The fourth-order valence-electron chi connectivity index (χ4n) is 2.63. The molecular formula is C19H28N4O. The van der Waals surface area contributed by atoms with E-state index in [-0.39, 0.29) is 5.90 Å². The third-order valence-electron chi connectivity index (χ3n) is 4.04. The van der Waals surface area contributed by atoms with E-state index in [0.29, 0.717) is 5.56 Å². The molecule has 2 rings (SSSR count). The maximum atomic E-state index is 12.0. The van der Waals surface area contributed by atoms with Crippen molar-refractivity contribution in [3.05, 3.63) is 48.5 Å². The second-order valence-electron chi connectivity index (χ2n) is 6.14. The summed E-state index contributed by atoms with van der Waals surface area (Å²) in [6.45, 7) is 3.12. The van der Waals surface area contributed by atoms with Crippen LogP contribution in [0.4, 0.5) is 0 Å². The quantitative estimate of drug-likeness (QED) is 0.276. The van der Waals surface area contributed by atoms with E-state index in [9.17, 15) is 5.11 Å². The number of nitrogens with zero attached hydrogens (tertiary/aromatic N) is 4. The molecular weight excluding hydrogens is 300 g/mol. The van der Waals surface area contributed by atoms with Gasteiger partial charge < -0.3 is 5.11 Å². The van der Waals surface area contributed by atoms with E-state index in [4.69, 9.17) is 0 Å². The van der Waals surface area contributed by atoms with Gasteiger partial charge in [-0.3, -0.25) is 0 Å². The number of benzene rings is 1. The molecule has 0 saturated carbocycles. The van der Waals surface area contributed by atoms with Gasteiger partial charge in [0.2, 0.25) is 6.33 Å². The lowest BCUT2D eigenvalue weighted by Gasteiger charge is -2.07. The second kappa shape index (κ2) is 10.6. The highest BCUT2D eigenvalue weighted by Crippen LogP contribution is 2.08. The van der Waals surface area contributed by atoms with Crippen molar-refractivity contribution in [2.75, 3.05) is 0 Å². The molecule has 5 nitrogen and oxygen atoms in total. The molecule has 1 heterocycles. The van der Waals surface area contributed by atoms with Crippen LogP contribution in [0.5, 0.6) is 0 Å². The first-order chi connectivity index (χ1) is 11.8. The van der Waals surface area contributed by atoms with Gasteiger partial charge in [0.05, 0.1) is 0 Å². The Balaban J connectivity index is 1.70. The SMILES string of the molecule is CCCCCCCCCCn1c[n+](/N=C(\[O-])c2ccccc2)cn1. The van der Waals surface area contributed by atoms with Crippen LogP contribution in [0.3, 0.4) is 0 Å². The maximum Gasteiger partial charge on any atom is 0.288 e. The van der Waals surface area contributed by atoms with Gasteiger partial charge in [0.15, 0.2) is 0 Å². The summed E-state index contributed by atoms with van der Waals surface area (Å²) in [6.07, 6.45) is 13.7. The Kier molecular flexibility index (Phi) is 8.01. The molecule has 0 fully saturated rings. The topological polar surface area (TPSA) is 57.1 Å². The van der Waals surface area contributed by atoms with Crippen LogP contribution >= 0.6 is 0 Å². The molecule has 5 heteroatoms. The zero-order valence-electron chi connectivity index (χ0n) is 14.6. The number of hydrogen-bond acceptors (Lipinski definition) is 3. The summed E-state index contributed by atoms with van der Waals surface area (Å²) in [4.78, 5) is 0. The Bertz CT molecular complexity index is 607. The molecule has 0 unspecified atom stereocenters. The lowest BCUT2D eigenvalue weighted by molar-refractivity contribution is -0.682. The van der Waals surface area contributed by atoms with Crippen molar-refractivity contribution in [2.45, 2.75) is 64.8 Å². The van der Waals surface area contributed by atoms with Crippen LogP contribution in [0.1, 0.15) is 63.9 Å². The highest BCUT2D eigenvalue weighted by molar-refractivity contribution is 5.89. The van der Waals surface area contributed by atoms with E-state index >= 15 is 0 Å². The van der Waals surface area contributed by atoms with E-state index in [2.05, 4.69) is 17.1 Å². The van der Waals surface area contributed by atoms with Gasteiger partial charge in [0.1, 0.15) is 6.54 Å². The predicted molar refractivity (Wildman–Crippen MR) is 93.4 cm³/mol. The summed E-state index contributed by atoms with van der Waals surface area (Å²) < 4.78 is 3.33. The molecule has 0 bridgehead atoms. The fraction of sp³-hybridized carbons (Fsp3) is 0.526. The summed E-state index contributed by atoms with van der Waals surface area (Å²) in [6, 6.07) is 9.07. The van der Waals surface area contributed by atoms with Crippen LogP contribution < -0.4 is 9.78 Å². The normalized spacial score (nSPS) is 11.8. The zero-order chi connectivity index (χ0) is 17.0. The third-order valence-corrected chi connectivity index (χ3v) is 4.04.